The summed E-state index contributed by atoms with van der Waals surface area (Å²) in [4.78, 5) is 5.23. The highest BCUT2D eigenvalue weighted by molar-refractivity contribution is 9.10. The lowest BCUT2D eigenvalue weighted by molar-refractivity contribution is 0.103. The molecule has 1 saturated heterocycles. The minimum absolute atomic E-state index is 0.714. The van der Waals surface area contributed by atoms with Gasteiger partial charge in [-0.1, -0.05) is 71.4 Å². The van der Waals surface area contributed by atoms with Crippen LogP contribution in [-0.4, -0.2) is 35.5 Å². The van der Waals surface area contributed by atoms with E-state index in [1.54, 1.807) is 0 Å². The molecule has 0 saturated carbocycles. The van der Waals surface area contributed by atoms with Crippen molar-refractivity contribution in [2.24, 2.45) is 0 Å². The zero-order valence-corrected chi connectivity index (χ0v) is 16.1. The van der Waals surface area contributed by atoms with Crippen LogP contribution in [0.15, 0.2) is 59.1 Å². The van der Waals surface area contributed by atoms with Crippen LogP contribution in [0, 0.1) is 0 Å². The summed E-state index contributed by atoms with van der Waals surface area (Å²) in [6, 6.07) is 20.2. The normalized spacial score (nSPS) is 16.6. The average Bonchev–Trinajstić information content (AvgIpc) is 2.63. The first-order valence-corrected chi connectivity index (χ1v) is 9.79. The van der Waals surface area contributed by atoms with Gasteiger partial charge in [-0.05, 0) is 49.7 Å². The smallest absolute Gasteiger partial charge is 0.0244 e. The number of benzene rings is 2. The van der Waals surface area contributed by atoms with Gasteiger partial charge < -0.3 is 0 Å². The zero-order chi connectivity index (χ0) is 16.8. The van der Waals surface area contributed by atoms with Crippen molar-refractivity contribution in [1.82, 2.24) is 9.80 Å². The fraction of sp³-hybridized carbons (Fsp3) is 0.429. The Labute approximate surface area is 154 Å². The van der Waals surface area contributed by atoms with Crippen molar-refractivity contribution in [3.05, 3.63) is 70.2 Å². The third-order valence-corrected chi connectivity index (χ3v) is 5.83. The lowest BCUT2D eigenvalue weighted by atomic mass is 10.0. The highest BCUT2D eigenvalue weighted by atomic mass is 79.9. The molecule has 0 atom stereocenters. The molecule has 1 fully saturated rings. The molecule has 3 heteroatoms. The summed E-state index contributed by atoms with van der Waals surface area (Å²) in [7, 11) is 0. The van der Waals surface area contributed by atoms with Crippen molar-refractivity contribution in [3.63, 3.8) is 0 Å². The maximum atomic E-state index is 3.67. The van der Waals surface area contributed by atoms with Gasteiger partial charge in [-0.25, -0.2) is 0 Å². The minimum atomic E-state index is 0.714. The second kappa shape index (κ2) is 8.80. The Balaban J connectivity index is 1.53. The predicted octanol–water partition coefficient (Wildman–Crippen LogP) is 4.94. The molecule has 1 heterocycles. The fourth-order valence-corrected chi connectivity index (χ4v) is 4.04. The topological polar surface area (TPSA) is 6.48 Å². The summed E-state index contributed by atoms with van der Waals surface area (Å²) in [6.07, 6.45) is 2.54. The van der Waals surface area contributed by atoms with Crippen LogP contribution in [0.4, 0.5) is 0 Å². The molecule has 2 aromatic rings. The van der Waals surface area contributed by atoms with E-state index in [2.05, 4.69) is 87.3 Å². The second-order valence-corrected chi connectivity index (χ2v) is 7.50. The van der Waals surface area contributed by atoms with E-state index in [1.807, 2.05) is 0 Å². The summed E-state index contributed by atoms with van der Waals surface area (Å²) < 4.78 is 1.23. The zero-order valence-electron chi connectivity index (χ0n) is 14.5. The molecular weight excluding hydrogens is 360 g/mol. The molecule has 0 radical (unpaired) electrons. The number of halogens is 1. The first-order chi connectivity index (χ1) is 11.8. The highest BCUT2D eigenvalue weighted by Gasteiger charge is 2.24. The lowest BCUT2D eigenvalue weighted by Gasteiger charge is -2.38. The Morgan fingerprint density at radius 2 is 1.67 bits per heavy atom. The van der Waals surface area contributed by atoms with Crippen LogP contribution < -0.4 is 0 Å². The Bertz CT molecular complexity index is 621. The van der Waals surface area contributed by atoms with E-state index >= 15 is 0 Å². The van der Waals surface area contributed by atoms with Gasteiger partial charge in [0.1, 0.15) is 0 Å². The van der Waals surface area contributed by atoms with E-state index in [-0.39, 0.29) is 0 Å². The Hall–Kier alpha value is -1.16. The van der Waals surface area contributed by atoms with Crippen LogP contribution in [0.5, 0.6) is 0 Å². The summed E-state index contributed by atoms with van der Waals surface area (Å²) in [5.41, 5.74) is 2.82. The minimum Gasteiger partial charge on any atom is -0.299 e. The van der Waals surface area contributed by atoms with Crippen LogP contribution >= 0.6 is 15.9 Å². The van der Waals surface area contributed by atoms with Gasteiger partial charge in [0.15, 0.2) is 0 Å². The summed E-state index contributed by atoms with van der Waals surface area (Å²) in [5.74, 6) is 0. The van der Waals surface area contributed by atoms with Gasteiger partial charge in [0, 0.05) is 23.6 Å². The van der Waals surface area contributed by atoms with E-state index in [9.17, 15) is 0 Å². The van der Waals surface area contributed by atoms with Gasteiger partial charge in [0.25, 0.3) is 0 Å². The predicted molar refractivity (Wildman–Crippen MR) is 105 cm³/mol. The molecule has 2 nitrogen and oxygen atoms in total. The van der Waals surface area contributed by atoms with Crippen LogP contribution in [0.2, 0.25) is 0 Å². The van der Waals surface area contributed by atoms with Crippen molar-refractivity contribution in [2.45, 2.75) is 38.9 Å². The molecule has 0 aromatic heterocycles. The molecule has 1 aliphatic rings. The van der Waals surface area contributed by atoms with Gasteiger partial charge in [-0.15, -0.1) is 0 Å². The fourth-order valence-electron chi connectivity index (χ4n) is 3.63. The number of likely N-dealkylation sites (tertiary alicyclic amines) is 1. The highest BCUT2D eigenvalue weighted by Crippen LogP contribution is 2.23. The van der Waals surface area contributed by atoms with E-state index in [0.717, 1.165) is 19.6 Å². The lowest BCUT2D eigenvalue weighted by Crippen LogP contribution is -2.44. The Kier molecular flexibility index (Phi) is 6.47. The quantitative estimate of drug-likeness (QED) is 0.693. The molecule has 0 spiro atoms. The molecule has 24 heavy (non-hydrogen) atoms. The summed E-state index contributed by atoms with van der Waals surface area (Å²) >= 11 is 3.67. The van der Waals surface area contributed by atoms with E-state index in [4.69, 9.17) is 0 Å². The maximum absolute atomic E-state index is 3.67. The maximum Gasteiger partial charge on any atom is 0.0244 e. The molecule has 0 N–H and O–H groups in total. The van der Waals surface area contributed by atoms with E-state index in [1.165, 1.54) is 41.5 Å². The van der Waals surface area contributed by atoms with E-state index in [0.29, 0.717) is 6.04 Å². The van der Waals surface area contributed by atoms with Crippen molar-refractivity contribution in [2.75, 3.05) is 19.6 Å². The summed E-state index contributed by atoms with van der Waals surface area (Å²) in [6.45, 7) is 7.93. The van der Waals surface area contributed by atoms with E-state index < -0.39 is 0 Å². The molecule has 1 aliphatic heterocycles. The Morgan fingerprint density at radius 3 is 2.33 bits per heavy atom. The number of hydrogen-bond donors (Lipinski definition) is 0. The van der Waals surface area contributed by atoms with Gasteiger partial charge in [-0.2, -0.15) is 0 Å². The standard InChI is InChI=1S/C21H27BrN2/c1-2-24(16-18-8-4-3-5-9-18)20-12-14-23(15-13-20)17-19-10-6-7-11-21(19)22/h3-11,20H,2,12-17H2,1H3. The monoisotopic (exact) mass is 386 g/mol. The first kappa shape index (κ1) is 17.7. The molecule has 128 valence electrons. The molecule has 0 amide bonds. The van der Waals surface area contributed by atoms with Gasteiger partial charge in [-0.3, -0.25) is 9.80 Å². The van der Waals surface area contributed by atoms with Crippen molar-refractivity contribution in [3.8, 4) is 0 Å². The van der Waals surface area contributed by atoms with Crippen molar-refractivity contribution >= 4 is 15.9 Å². The van der Waals surface area contributed by atoms with Crippen LogP contribution in [-0.2, 0) is 13.1 Å². The molecule has 0 bridgehead atoms. The van der Waals surface area contributed by atoms with Crippen LogP contribution in [0.1, 0.15) is 30.9 Å². The van der Waals surface area contributed by atoms with Gasteiger partial charge in [0.05, 0.1) is 0 Å². The van der Waals surface area contributed by atoms with Gasteiger partial charge in [0.2, 0.25) is 0 Å². The molecule has 3 rings (SSSR count). The van der Waals surface area contributed by atoms with Gasteiger partial charge >= 0.3 is 0 Å². The second-order valence-electron chi connectivity index (χ2n) is 6.65. The third-order valence-electron chi connectivity index (χ3n) is 5.06. The van der Waals surface area contributed by atoms with Crippen LogP contribution in [0.3, 0.4) is 0 Å². The van der Waals surface area contributed by atoms with Crippen LogP contribution in [0.25, 0.3) is 0 Å². The number of hydrogen-bond acceptors (Lipinski definition) is 2. The largest absolute Gasteiger partial charge is 0.299 e. The molecule has 0 unspecified atom stereocenters. The number of piperidine rings is 1. The van der Waals surface area contributed by atoms with Crippen molar-refractivity contribution < 1.29 is 0 Å². The third kappa shape index (κ3) is 4.69. The number of nitrogens with zero attached hydrogens (tertiary/aromatic N) is 2. The molecular formula is C21H27BrN2. The molecule has 0 aliphatic carbocycles. The summed E-state index contributed by atoms with van der Waals surface area (Å²) in [5, 5.41) is 0. The SMILES string of the molecule is CCN(Cc1ccccc1)C1CCN(Cc2ccccc2Br)CC1. The first-order valence-electron chi connectivity index (χ1n) is 9.00. The average molecular weight is 387 g/mol. The molecule has 2 aromatic carbocycles. The number of rotatable bonds is 6. The Morgan fingerprint density at radius 1 is 1.00 bits per heavy atom. The van der Waals surface area contributed by atoms with Crippen molar-refractivity contribution in [1.29, 1.82) is 0 Å².